The molecular weight excluding hydrogens is 498 g/mol. The van der Waals surface area contributed by atoms with Gasteiger partial charge in [-0.2, -0.15) is 0 Å². The molecule has 0 radical (unpaired) electrons. The standard InChI is InChI=1S/C26H29N3O7S/c1-4-19-7-12-23(13-8-19)36-16-15-27-26(30)21-9-5-20(6-10-21)18-28(37(3,33)34)24-17-22(29(31)32)11-14-25(24)35-2/h5-14,17H,4,15-16,18H2,1-3H3,(H,27,30). The minimum atomic E-state index is -3.82. The van der Waals surface area contributed by atoms with Crippen molar-refractivity contribution in [2.45, 2.75) is 19.9 Å². The highest BCUT2D eigenvalue weighted by Gasteiger charge is 2.24. The zero-order valence-electron chi connectivity index (χ0n) is 20.8. The molecule has 0 bridgehead atoms. The average Bonchev–Trinajstić information content (AvgIpc) is 2.89. The summed E-state index contributed by atoms with van der Waals surface area (Å²) >= 11 is 0. The molecule has 0 heterocycles. The zero-order valence-corrected chi connectivity index (χ0v) is 21.7. The van der Waals surface area contributed by atoms with Crippen molar-refractivity contribution in [3.8, 4) is 11.5 Å². The quantitative estimate of drug-likeness (QED) is 0.215. The fourth-order valence-corrected chi connectivity index (χ4v) is 4.44. The maximum absolute atomic E-state index is 12.6. The Morgan fingerprint density at radius 1 is 1.03 bits per heavy atom. The van der Waals surface area contributed by atoms with Crippen LogP contribution in [0.25, 0.3) is 0 Å². The maximum atomic E-state index is 12.6. The third-order valence-corrected chi connectivity index (χ3v) is 6.70. The summed E-state index contributed by atoms with van der Waals surface area (Å²) in [6.07, 6.45) is 1.96. The first-order valence-corrected chi connectivity index (χ1v) is 13.4. The maximum Gasteiger partial charge on any atom is 0.271 e. The lowest BCUT2D eigenvalue weighted by molar-refractivity contribution is -0.384. The molecule has 11 heteroatoms. The summed E-state index contributed by atoms with van der Waals surface area (Å²) in [7, 11) is -2.47. The van der Waals surface area contributed by atoms with Gasteiger partial charge in [-0.1, -0.05) is 31.2 Å². The second-order valence-electron chi connectivity index (χ2n) is 8.18. The minimum Gasteiger partial charge on any atom is -0.495 e. The molecule has 0 aliphatic heterocycles. The van der Waals surface area contributed by atoms with Gasteiger partial charge < -0.3 is 14.8 Å². The van der Waals surface area contributed by atoms with Crippen LogP contribution in [0.4, 0.5) is 11.4 Å². The van der Waals surface area contributed by atoms with Crippen LogP contribution in [-0.4, -0.2) is 45.8 Å². The number of carbonyl (C=O) groups excluding carboxylic acids is 1. The highest BCUT2D eigenvalue weighted by molar-refractivity contribution is 7.92. The second kappa shape index (κ2) is 12.2. The summed E-state index contributed by atoms with van der Waals surface area (Å²) in [4.78, 5) is 23.1. The Balaban J connectivity index is 1.65. The molecule has 0 atom stereocenters. The van der Waals surface area contributed by atoms with Crippen molar-refractivity contribution >= 4 is 27.3 Å². The van der Waals surface area contributed by atoms with Gasteiger partial charge in [0.15, 0.2) is 0 Å². The first-order valence-electron chi connectivity index (χ1n) is 11.5. The summed E-state index contributed by atoms with van der Waals surface area (Å²) in [5.74, 6) is 0.610. The molecule has 0 aromatic heterocycles. The summed E-state index contributed by atoms with van der Waals surface area (Å²) in [6.45, 7) is 2.59. The molecule has 0 aliphatic rings. The second-order valence-corrected chi connectivity index (χ2v) is 10.1. The molecule has 0 aliphatic carbocycles. The van der Waals surface area contributed by atoms with Gasteiger partial charge in [-0.3, -0.25) is 19.2 Å². The van der Waals surface area contributed by atoms with E-state index in [1.807, 2.05) is 24.3 Å². The molecule has 0 spiro atoms. The fraction of sp³-hybridized carbons (Fsp3) is 0.269. The number of amides is 1. The minimum absolute atomic E-state index is 0.0466. The van der Waals surface area contributed by atoms with Crippen LogP contribution in [0.15, 0.2) is 66.7 Å². The van der Waals surface area contributed by atoms with E-state index in [4.69, 9.17) is 9.47 Å². The molecule has 3 rings (SSSR count). The Kier molecular flexibility index (Phi) is 9.07. The number of nitro groups is 1. The number of non-ortho nitro benzene ring substituents is 1. The number of hydrogen-bond acceptors (Lipinski definition) is 7. The normalized spacial score (nSPS) is 11.0. The van der Waals surface area contributed by atoms with Crippen LogP contribution in [0.2, 0.25) is 0 Å². The molecule has 37 heavy (non-hydrogen) atoms. The van der Waals surface area contributed by atoms with Gasteiger partial charge in [0.2, 0.25) is 10.0 Å². The van der Waals surface area contributed by atoms with Gasteiger partial charge in [-0.05, 0) is 47.9 Å². The number of nitro benzene ring substituents is 1. The van der Waals surface area contributed by atoms with Crippen LogP contribution in [-0.2, 0) is 23.0 Å². The van der Waals surface area contributed by atoms with Gasteiger partial charge in [-0.15, -0.1) is 0 Å². The number of benzene rings is 3. The number of rotatable bonds is 12. The highest BCUT2D eigenvalue weighted by Crippen LogP contribution is 2.34. The van der Waals surface area contributed by atoms with Crippen molar-refractivity contribution in [1.29, 1.82) is 0 Å². The molecule has 0 saturated heterocycles. The number of hydrogen-bond donors (Lipinski definition) is 1. The number of aryl methyl sites for hydroxylation is 1. The summed E-state index contributed by atoms with van der Waals surface area (Å²) in [5, 5.41) is 14.0. The Hall–Kier alpha value is -4.12. The number of nitrogens with one attached hydrogen (secondary N) is 1. The van der Waals surface area contributed by atoms with Crippen LogP contribution in [0.3, 0.4) is 0 Å². The van der Waals surface area contributed by atoms with Crippen molar-refractivity contribution in [2.75, 3.05) is 30.8 Å². The number of sulfonamides is 1. The van der Waals surface area contributed by atoms with Crippen LogP contribution in [0, 0.1) is 10.1 Å². The van der Waals surface area contributed by atoms with E-state index in [2.05, 4.69) is 12.2 Å². The zero-order chi connectivity index (χ0) is 27.0. The van der Waals surface area contributed by atoms with Crippen molar-refractivity contribution in [2.24, 2.45) is 0 Å². The van der Waals surface area contributed by atoms with E-state index in [0.29, 0.717) is 24.3 Å². The third kappa shape index (κ3) is 7.43. The Labute approximate surface area is 216 Å². The number of carbonyl (C=O) groups is 1. The van der Waals surface area contributed by atoms with E-state index < -0.39 is 14.9 Å². The van der Waals surface area contributed by atoms with E-state index in [1.54, 1.807) is 24.3 Å². The average molecular weight is 528 g/mol. The van der Waals surface area contributed by atoms with E-state index in [1.165, 1.54) is 24.8 Å². The van der Waals surface area contributed by atoms with Gasteiger partial charge >= 0.3 is 0 Å². The van der Waals surface area contributed by atoms with Gasteiger partial charge in [-0.25, -0.2) is 8.42 Å². The molecule has 0 saturated carbocycles. The van der Waals surface area contributed by atoms with Crippen LogP contribution < -0.4 is 19.1 Å². The van der Waals surface area contributed by atoms with Crippen LogP contribution in [0.5, 0.6) is 11.5 Å². The molecule has 10 nitrogen and oxygen atoms in total. The number of anilines is 1. The lowest BCUT2D eigenvalue weighted by Gasteiger charge is -2.24. The smallest absolute Gasteiger partial charge is 0.271 e. The van der Waals surface area contributed by atoms with Crippen molar-refractivity contribution in [3.05, 3.63) is 93.5 Å². The number of nitrogens with zero attached hydrogens (tertiary/aromatic N) is 2. The lowest BCUT2D eigenvalue weighted by atomic mass is 10.1. The predicted molar refractivity (Wildman–Crippen MR) is 141 cm³/mol. The van der Waals surface area contributed by atoms with Crippen LogP contribution in [0.1, 0.15) is 28.4 Å². The molecule has 196 valence electrons. The SMILES string of the molecule is CCc1ccc(OCCNC(=O)c2ccc(CN(c3cc([N+](=O)[O-])ccc3OC)S(C)(=O)=O)cc2)cc1. The van der Waals surface area contributed by atoms with E-state index in [-0.39, 0.29) is 29.6 Å². The molecule has 1 N–H and O–H groups in total. The summed E-state index contributed by atoms with van der Waals surface area (Å²) in [6, 6.07) is 17.9. The predicted octanol–water partition coefficient (Wildman–Crippen LogP) is 3.94. The van der Waals surface area contributed by atoms with Gasteiger partial charge in [0.25, 0.3) is 11.6 Å². The first-order chi connectivity index (χ1) is 17.6. The Bertz CT molecular complexity index is 1340. The molecular formula is C26H29N3O7S. The Morgan fingerprint density at radius 3 is 2.24 bits per heavy atom. The van der Waals surface area contributed by atoms with Gasteiger partial charge in [0, 0.05) is 17.7 Å². The largest absolute Gasteiger partial charge is 0.495 e. The molecule has 0 fully saturated rings. The van der Waals surface area contributed by atoms with Gasteiger partial charge in [0.05, 0.1) is 31.4 Å². The topological polar surface area (TPSA) is 128 Å². The molecule has 3 aromatic carbocycles. The number of methoxy groups -OCH3 is 1. The first kappa shape index (κ1) is 27.5. The summed E-state index contributed by atoms with van der Waals surface area (Å²) in [5.41, 5.74) is 1.97. The van der Waals surface area contributed by atoms with Gasteiger partial charge in [0.1, 0.15) is 23.8 Å². The fourth-order valence-electron chi connectivity index (χ4n) is 3.55. The van der Waals surface area contributed by atoms with E-state index in [9.17, 15) is 23.3 Å². The molecule has 0 unspecified atom stereocenters. The lowest BCUT2D eigenvalue weighted by Crippen LogP contribution is -2.30. The van der Waals surface area contributed by atoms with Crippen molar-refractivity contribution < 1.29 is 27.6 Å². The monoisotopic (exact) mass is 527 g/mol. The van der Waals surface area contributed by atoms with Crippen molar-refractivity contribution in [3.63, 3.8) is 0 Å². The van der Waals surface area contributed by atoms with E-state index in [0.717, 1.165) is 28.8 Å². The Morgan fingerprint density at radius 2 is 1.68 bits per heavy atom. The van der Waals surface area contributed by atoms with Crippen LogP contribution >= 0.6 is 0 Å². The summed E-state index contributed by atoms with van der Waals surface area (Å²) < 4.78 is 37.0. The molecule has 1 amide bonds. The highest BCUT2D eigenvalue weighted by atomic mass is 32.2. The third-order valence-electron chi connectivity index (χ3n) is 5.57. The number of ether oxygens (including phenoxy) is 2. The van der Waals surface area contributed by atoms with E-state index >= 15 is 0 Å². The molecule has 3 aromatic rings. The van der Waals surface area contributed by atoms with Crippen molar-refractivity contribution in [1.82, 2.24) is 5.32 Å².